The fourth-order valence-corrected chi connectivity index (χ4v) is 3.79. The van der Waals surface area contributed by atoms with E-state index in [-0.39, 0.29) is 6.61 Å². The number of nitrogens with zero attached hydrogens (tertiary/aromatic N) is 2. The maximum atomic E-state index is 10.1. The van der Waals surface area contributed by atoms with Crippen molar-refractivity contribution in [2.75, 3.05) is 6.61 Å². The molecule has 1 aliphatic carbocycles. The monoisotopic (exact) mass is 284 g/mol. The zero-order valence-electron chi connectivity index (χ0n) is 11.4. The van der Waals surface area contributed by atoms with Gasteiger partial charge in [0.15, 0.2) is 0 Å². The smallest absolute Gasteiger partial charge is 0.294 e. The van der Waals surface area contributed by atoms with E-state index in [4.69, 9.17) is 0 Å². The van der Waals surface area contributed by atoms with E-state index in [1.54, 1.807) is 11.3 Å². The fourth-order valence-electron chi connectivity index (χ4n) is 2.58. The Labute approximate surface area is 117 Å². The standard InChI is InChI=1S/C13H20N2O3S/c1-9-3-5-11(6-4-9)13-14-10(2)12(19-13)7-8-18-15(16)17/h9,11H,3-8H2,1-2H3. The molecule has 0 aliphatic heterocycles. The van der Waals surface area contributed by atoms with E-state index in [2.05, 4.69) is 16.7 Å². The summed E-state index contributed by atoms with van der Waals surface area (Å²) in [6, 6.07) is 0. The van der Waals surface area contributed by atoms with Crippen molar-refractivity contribution in [1.29, 1.82) is 0 Å². The number of thiazole rings is 1. The first kappa shape index (κ1) is 14.2. The molecule has 1 aromatic rings. The molecule has 0 spiro atoms. The lowest BCUT2D eigenvalue weighted by atomic mass is 9.83. The molecule has 0 aromatic carbocycles. The molecule has 5 nitrogen and oxygen atoms in total. The first-order valence-corrected chi connectivity index (χ1v) is 7.61. The lowest BCUT2D eigenvalue weighted by Crippen LogP contribution is -2.10. The molecular formula is C13H20N2O3S. The molecule has 106 valence electrons. The van der Waals surface area contributed by atoms with Gasteiger partial charge >= 0.3 is 0 Å². The van der Waals surface area contributed by atoms with Crippen LogP contribution in [0, 0.1) is 23.0 Å². The number of hydrogen-bond donors (Lipinski definition) is 0. The van der Waals surface area contributed by atoms with E-state index in [0.29, 0.717) is 12.3 Å². The SMILES string of the molecule is Cc1nc(C2CCC(C)CC2)sc1CCO[N+](=O)[O-]. The summed E-state index contributed by atoms with van der Waals surface area (Å²) >= 11 is 1.71. The second-order valence-corrected chi connectivity index (χ2v) is 6.44. The molecule has 0 saturated heterocycles. The molecule has 6 heteroatoms. The molecule has 0 atom stereocenters. The van der Waals surface area contributed by atoms with Gasteiger partial charge in [-0.2, -0.15) is 0 Å². The summed E-state index contributed by atoms with van der Waals surface area (Å²) < 4.78 is 0. The summed E-state index contributed by atoms with van der Waals surface area (Å²) in [6.07, 6.45) is 5.58. The van der Waals surface area contributed by atoms with Crippen LogP contribution in [-0.2, 0) is 11.3 Å². The minimum atomic E-state index is -0.736. The van der Waals surface area contributed by atoms with Gasteiger partial charge in [-0.3, -0.25) is 0 Å². The van der Waals surface area contributed by atoms with Gasteiger partial charge in [0.1, 0.15) is 6.61 Å². The second-order valence-electron chi connectivity index (χ2n) is 5.32. The second kappa shape index (κ2) is 6.32. The fraction of sp³-hybridized carbons (Fsp3) is 0.769. The Morgan fingerprint density at radius 2 is 2.11 bits per heavy atom. The summed E-state index contributed by atoms with van der Waals surface area (Å²) in [5.41, 5.74) is 1.01. The normalized spacial score (nSPS) is 23.3. The van der Waals surface area contributed by atoms with Crippen LogP contribution in [0.4, 0.5) is 0 Å². The predicted molar refractivity (Wildman–Crippen MR) is 73.9 cm³/mol. The van der Waals surface area contributed by atoms with Gasteiger partial charge in [0.05, 0.1) is 10.7 Å². The summed E-state index contributed by atoms with van der Waals surface area (Å²) in [7, 11) is 0. The van der Waals surface area contributed by atoms with Crippen molar-refractivity contribution in [1.82, 2.24) is 4.98 Å². The van der Waals surface area contributed by atoms with Crippen LogP contribution in [0.15, 0.2) is 0 Å². The molecule has 1 aromatic heterocycles. The summed E-state index contributed by atoms with van der Waals surface area (Å²) in [4.78, 5) is 20.3. The third kappa shape index (κ3) is 3.89. The molecule has 0 amide bonds. The molecule has 1 heterocycles. The van der Waals surface area contributed by atoms with Crippen LogP contribution in [-0.4, -0.2) is 16.7 Å². The maximum absolute atomic E-state index is 10.1. The largest absolute Gasteiger partial charge is 0.314 e. The molecule has 0 N–H and O–H groups in total. The van der Waals surface area contributed by atoms with Crippen LogP contribution in [0.25, 0.3) is 0 Å². The van der Waals surface area contributed by atoms with Gasteiger partial charge in [-0.1, -0.05) is 19.8 Å². The Morgan fingerprint density at radius 3 is 2.74 bits per heavy atom. The number of hydrogen-bond acceptors (Lipinski definition) is 5. The van der Waals surface area contributed by atoms with Gasteiger partial charge in [-0.05, 0) is 25.7 Å². The van der Waals surface area contributed by atoms with Crippen molar-refractivity contribution in [3.05, 3.63) is 25.7 Å². The van der Waals surface area contributed by atoms with Crippen molar-refractivity contribution >= 4 is 11.3 Å². The van der Waals surface area contributed by atoms with E-state index in [1.807, 2.05) is 6.92 Å². The molecule has 0 radical (unpaired) electrons. The van der Waals surface area contributed by atoms with Crippen LogP contribution in [0.2, 0.25) is 0 Å². The van der Waals surface area contributed by atoms with Crippen molar-refractivity contribution < 1.29 is 9.92 Å². The Kier molecular flexibility index (Phi) is 4.74. The van der Waals surface area contributed by atoms with Crippen molar-refractivity contribution in [2.45, 2.75) is 51.9 Å². The minimum absolute atomic E-state index is 0.122. The first-order chi connectivity index (χ1) is 9.06. The average molecular weight is 284 g/mol. The van der Waals surface area contributed by atoms with Crippen LogP contribution in [0.5, 0.6) is 0 Å². The lowest BCUT2D eigenvalue weighted by molar-refractivity contribution is -0.757. The maximum Gasteiger partial charge on any atom is 0.294 e. The first-order valence-electron chi connectivity index (χ1n) is 6.79. The molecule has 0 bridgehead atoms. The Hall–Kier alpha value is -1.17. The number of rotatable bonds is 5. The predicted octanol–water partition coefficient (Wildman–Crippen LogP) is 3.50. The van der Waals surface area contributed by atoms with Gasteiger partial charge in [0.2, 0.25) is 0 Å². The zero-order chi connectivity index (χ0) is 13.8. The molecule has 0 unspecified atom stereocenters. The third-order valence-corrected chi connectivity index (χ3v) is 5.18. The quantitative estimate of drug-likeness (QED) is 0.613. The molecule has 19 heavy (non-hydrogen) atoms. The highest BCUT2D eigenvalue weighted by atomic mass is 32.1. The van der Waals surface area contributed by atoms with E-state index < -0.39 is 5.09 Å². The minimum Gasteiger partial charge on any atom is -0.314 e. The molecule has 1 aliphatic rings. The van der Waals surface area contributed by atoms with Gasteiger partial charge in [-0.25, -0.2) is 4.98 Å². The van der Waals surface area contributed by atoms with E-state index in [0.717, 1.165) is 16.5 Å². The molecular weight excluding hydrogens is 264 g/mol. The lowest BCUT2D eigenvalue weighted by Gasteiger charge is -2.24. The number of aryl methyl sites for hydroxylation is 1. The Balaban J connectivity index is 1.94. The summed E-state index contributed by atoms with van der Waals surface area (Å²) in [5, 5.41) is 10.6. The highest BCUT2D eigenvalue weighted by Crippen LogP contribution is 2.38. The van der Waals surface area contributed by atoms with Crippen LogP contribution < -0.4 is 0 Å². The molecule has 1 saturated carbocycles. The summed E-state index contributed by atoms with van der Waals surface area (Å²) in [5.74, 6) is 1.43. The van der Waals surface area contributed by atoms with Gasteiger partial charge in [-0.15, -0.1) is 21.5 Å². The van der Waals surface area contributed by atoms with E-state index in [1.165, 1.54) is 30.7 Å². The zero-order valence-corrected chi connectivity index (χ0v) is 12.2. The van der Waals surface area contributed by atoms with E-state index in [9.17, 15) is 10.1 Å². The average Bonchev–Trinajstić information content (AvgIpc) is 2.71. The molecule has 1 fully saturated rings. The van der Waals surface area contributed by atoms with Crippen LogP contribution in [0.3, 0.4) is 0 Å². The van der Waals surface area contributed by atoms with Gasteiger partial charge in [0.25, 0.3) is 5.09 Å². The van der Waals surface area contributed by atoms with Gasteiger partial charge < -0.3 is 4.84 Å². The highest BCUT2D eigenvalue weighted by molar-refractivity contribution is 7.11. The van der Waals surface area contributed by atoms with Crippen molar-refractivity contribution in [3.8, 4) is 0 Å². The van der Waals surface area contributed by atoms with Crippen LogP contribution in [0.1, 0.15) is 54.1 Å². The summed E-state index contributed by atoms with van der Waals surface area (Å²) in [6.45, 7) is 4.41. The van der Waals surface area contributed by atoms with Crippen molar-refractivity contribution in [3.63, 3.8) is 0 Å². The van der Waals surface area contributed by atoms with Crippen molar-refractivity contribution in [2.24, 2.45) is 5.92 Å². The topological polar surface area (TPSA) is 65.3 Å². The number of aromatic nitrogens is 1. The highest BCUT2D eigenvalue weighted by Gasteiger charge is 2.23. The van der Waals surface area contributed by atoms with E-state index >= 15 is 0 Å². The third-order valence-electron chi connectivity index (χ3n) is 3.80. The van der Waals surface area contributed by atoms with Gasteiger partial charge in [0, 0.05) is 17.2 Å². The Bertz CT molecular complexity index is 439. The molecule has 2 rings (SSSR count). The van der Waals surface area contributed by atoms with Crippen LogP contribution >= 0.6 is 11.3 Å². The Morgan fingerprint density at radius 1 is 1.42 bits per heavy atom.